The highest BCUT2D eigenvalue weighted by Crippen LogP contribution is 2.33. The van der Waals surface area contributed by atoms with Crippen LogP contribution in [0.2, 0.25) is 0 Å². The summed E-state index contributed by atoms with van der Waals surface area (Å²) >= 11 is 0. The standard InChI is InChI=1S/C25H27N5O2/c1-14(2)30-13-20(21-22(30)25(32)29-28-23(21)26)18-9-7-17(8-10-18)12-27-24(31)19-11-15(3)5-6-16(19)4/h5-11,13-14H,12H2,1-4H3,(H2,26,28)(H,27,31)(H,29,32). The van der Waals surface area contributed by atoms with Crippen molar-refractivity contribution in [1.29, 1.82) is 0 Å². The third-order valence-electron chi connectivity index (χ3n) is 5.69. The predicted octanol–water partition coefficient (Wildman–Crippen LogP) is 4.10. The number of H-pyrrole nitrogens is 1. The number of hydrogen-bond donors (Lipinski definition) is 3. The van der Waals surface area contributed by atoms with Crippen molar-refractivity contribution in [2.45, 2.75) is 40.3 Å². The van der Waals surface area contributed by atoms with Gasteiger partial charge in [0.25, 0.3) is 11.5 Å². The second kappa shape index (κ2) is 8.34. The highest BCUT2D eigenvalue weighted by atomic mass is 16.1. The van der Waals surface area contributed by atoms with Gasteiger partial charge < -0.3 is 15.6 Å². The van der Waals surface area contributed by atoms with Crippen LogP contribution >= 0.6 is 0 Å². The van der Waals surface area contributed by atoms with E-state index in [4.69, 9.17) is 5.73 Å². The minimum atomic E-state index is -0.264. The summed E-state index contributed by atoms with van der Waals surface area (Å²) in [6.07, 6.45) is 1.94. The first kappa shape index (κ1) is 21.4. The number of aromatic amines is 1. The monoisotopic (exact) mass is 429 g/mol. The first-order valence-electron chi connectivity index (χ1n) is 10.6. The van der Waals surface area contributed by atoms with Gasteiger partial charge in [0.15, 0.2) is 5.82 Å². The van der Waals surface area contributed by atoms with Gasteiger partial charge in [0.05, 0.1) is 5.39 Å². The van der Waals surface area contributed by atoms with E-state index in [-0.39, 0.29) is 17.5 Å². The molecule has 0 aliphatic rings. The van der Waals surface area contributed by atoms with Crippen LogP contribution in [0, 0.1) is 13.8 Å². The van der Waals surface area contributed by atoms with Crippen LogP contribution in [0.1, 0.15) is 46.9 Å². The maximum absolute atomic E-state index is 12.6. The maximum Gasteiger partial charge on any atom is 0.288 e. The largest absolute Gasteiger partial charge is 0.382 e. The van der Waals surface area contributed by atoms with Crippen LogP contribution in [-0.4, -0.2) is 20.7 Å². The lowest BCUT2D eigenvalue weighted by Gasteiger charge is -2.09. The van der Waals surface area contributed by atoms with Gasteiger partial charge in [0, 0.05) is 29.9 Å². The van der Waals surface area contributed by atoms with Crippen molar-refractivity contribution in [3.05, 3.63) is 81.3 Å². The van der Waals surface area contributed by atoms with Crippen molar-refractivity contribution in [3.63, 3.8) is 0 Å². The van der Waals surface area contributed by atoms with E-state index < -0.39 is 0 Å². The van der Waals surface area contributed by atoms with Gasteiger partial charge in [0.2, 0.25) is 0 Å². The summed E-state index contributed by atoms with van der Waals surface area (Å²) in [6.45, 7) is 8.36. The molecule has 0 fully saturated rings. The molecule has 4 rings (SSSR count). The van der Waals surface area contributed by atoms with Crippen molar-refractivity contribution in [3.8, 4) is 11.1 Å². The number of fused-ring (bicyclic) bond motifs is 1. The van der Waals surface area contributed by atoms with Crippen molar-refractivity contribution in [2.75, 3.05) is 5.73 Å². The number of benzene rings is 2. The number of nitrogen functional groups attached to an aromatic ring is 1. The predicted molar refractivity (Wildman–Crippen MR) is 128 cm³/mol. The third-order valence-corrected chi connectivity index (χ3v) is 5.69. The molecule has 2 heterocycles. The van der Waals surface area contributed by atoms with Crippen LogP contribution in [0.5, 0.6) is 0 Å². The van der Waals surface area contributed by atoms with E-state index in [2.05, 4.69) is 15.5 Å². The van der Waals surface area contributed by atoms with Gasteiger partial charge in [0.1, 0.15) is 5.52 Å². The molecular weight excluding hydrogens is 402 g/mol. The Kier molecular flexibility index (Phi) is 5.57. The van der Waals surface area contributed by atoms with Gasteiger partial charge in [-0.25, -0.2) is 5.10 Å². The number of carbonyl (C=O) groups excluding carboxylic acids is 1. The maximum atomic E-state index is 12.6. The molecule has 1 amide bonds. The van der Waals surface area contributed by atoms with Gasteiger partial charge in [-0.3, -0.25) is 9.59 Å². The Labute approximate surface area is 186 Å². The second-order valence-corrected chi connectivity index (χ2v) is 8.40. The fourth-order valence-electron chi connectivity index (χ4n) is 3.92. The van der Waals surface area contributed by atoms with Crippen molar-refractivity contribution in [2.24, 2.45) is 0 Å². The lowest BCUT2D eigenvalue weighted by molar-refractivity contribution is 0.0950. The number of anilines is 1. The summed E-state index contributed by atoms with van der Waals surface area (Å²) in [4.78, 5) is 25.0. The number of aromatic nitrogens is 3. The number of hydrogen-bond acceptors (Lipinski definition) is 4. The Balaban J connectivity index is 1.60. The Morgan fingerprint density at radius 2 is 1.88 bits per heavy atom. The summed E-state index contributed by atoms with van der Waals surface area (Å²) in [5, 5.41) is 10.1. The highest BCUT2D eigenvalue weighted by Gasteiger charge is 2.18. The zero-order chi connectivity index (χ0) is 23.0. The van der Waals surface area contributed by atoms with E-state index in [0.29, 0.717) is 28.8 Å². The van der Waals surface area contributed by atoms with E-state index >= 15 is 0 Å². The zero-order valence-electron chi connectivity index (χ0n) is 18.7. The van der Waals surface area contributed by atoms with E-state index in [1.54, 1.807) is 0 Å². The van der Waals surface area contributed by atoms with Crippen molar-refractivity contribution in [1.82, 2.24) is 20.1 Å². The average molecular weight is 430 g/mol. The highest BCUT2D eigenvalue weighted by molar-refractivity contribution is 6.02. The number of carbonyl (C=O) groups is 1. The van der Waals surface area contributed by atoms with E-state index in [9.17, 15) is 9.59 Å². The fraction of sp³-hybridized carbons (Fsp3) is 0.240. The molecule has 0 bridgehead atoms. The molecule has 0 spiro atoms. The topological polar surface area (TPSA) is 106 Å². The molecule has 4 N–H and O–H groups in total. The molecular formula is C25H27N5O2. The normalized spacial score (nSPS) is 11.3. The number of nitrogens with two attached hydrogens (primary N) is 1. The van der Waals surface area contributed by atoms with Gasteiger partial charge in [-0.2, -0.15) is 5.10 Å². The Morgan fingerprint density at radius 3 is 2.56 bits per heavy atom. The summed E-state index contributed by atoms with van der Waals surface area (Å²) in [5.41, 5.74) is 11.8. The molecule has 4 aromatic rings. The molecule has 7 heteroatoms. The smallest absolute Gasteiger partial charge is 0.288 e. The molecule has 0 atom stereocenters. The van der Waals surface area contributed by atoms with Crippen molar-refractivity contribution >= 4 is 22.6 Å². The number of nitrogens with zero attached hydrogens (tertiary/aromatic N) is 2. The van der Waals surface area contributed by atoms with Crippen LogP contribution < -0.4 is 16.6 Å². The van der Waals surface area contributed by atoms with Crippen LogP contribution in [0.25, 0.3) is 22.0 Å². The van der Waals surface area contributed by atoms with E-state index in [1.807, 2.05) is 80.9 Å². The lowest BCUT2D eigenvalue weighted by atomic mass is 10.0. The number of rotatable bonds is 5. The summed E-state index contributed by atoms with van der Waals surface area (Å²) in [6, 6.07) is 13.8. The quantitative estimate of drug-likeness (QED) is 0.444. The van der Waals surface area contributed by atoms with Gasteiger partial charge in [-0.1, -0.05) is 42.0 Å². The zero-order valence-corrected chi connectivity index (χ0v) is 18.7. The molecule has 0 unspecified atom stereocenters. The molecule has 32 heavy (non-hydrogen) atoms. The van der Waals surface area contributed by atoms with E-state index in [0.717, 1.165) is 27.8 Å². The Morgan fingerprint density at radius 1 is 1.16 bits per heavy atom. The van der Waals surface area contributed by atoms with Crippen molar-refractivity contribution < 1.29 is 4.79 Å². The Bertz CT molecular complexity index is 1360. The second-order valence-electron chi connectivity index (χ2n) is 8.40. The molecule has 7 nitrogen and oxygen atoms in total. The number of nitrogens with one attached hydrogen (secondary N) is 2. The molecule has 0 aliphatic carbocycles. The molecule has 2 aromatic carbocycles. The SMILES string of the molecule is Cc1ccc(C)c(C(=O)NCc2ccc(-c3cn(C(C)C)c4c(=O)[nH]nc(N)c34)cc2)c1. The van der Waals surface area contributed by atoms with Gasteiger partial charge >= 0.3 is 0 Å². The van der Waals surface area contributed by atoms with Crippen LogP contribution in [0.3, 0.4) is 0 Å². The molecule has 164 valence electrons. The molecule has 0 saturated heterocycles. The molecule has 0 aliphatic heterocycles. The van der Waals surface area contributed by atoms with Crippen LogP contribution in [-0.2, 0) is 6.54 Å². The third kappa shape index (κ3) is 3.89. The molecule has 0 radical (unpaired) electrons. The Hall–Kier alpha value is -3.87. The average Bonchev–Trinajstić information content (AvgIpc) is 3.19. The minimum Gasteiger partial charge on any atom is -0.382 e. The fourth-order valence-corrected chi connectivity index (χ4v) is 3.92. The van der Waals surface area contributed by atoms with Crippen LogP contribution in [0.15, 0.2) is 53.5 Å². The first-order chi connectivity index (χ1) is 15.3. The molecule has 2 aromatic heterocycles. The lowest BCUT2D eigenvalue weighted by Crippen LogP contribution is -2.23. The number of aryl methyl sites for hydroxylation is 2. The van der Waals surface area contributed by atoms with Gasteiger partial charge in [-0.05, 0) is 50.5 Å². The number of amides is 1. The molecule has 0 saturated carbocycles. The van der Waals surface area contributed by atoms with Gasteiger partial charge in [-0.15, -0.1) is 0 Å². The minimum absolute atomic E-state index is 0.0895. The first-order valence-corrected chi connectivity index (χ1v) is 10.6. The summed E-state index contributed by atoms with van der Waals surface area (Å²) < 4.78 is 1.92. The van der Waals surface area contributed by atoms with E-state index in [1.165, 1.54) is 0 Å². The summed E-state index contributed by atoms with van der Waals surface area (Å²) in [5.74, 6) is 0.201. The summed E-state index contributed by atoms with van der Waals surface area (Å²) in [7, 11) is 0. The van der Waals surface area contributed by atoms with Crippen LogP contribution in [0.4, 0.5) is 5.82 Å².